The van der Waals surface area contributed by atoms with Crippen LogP contribution < -0.4 is 14.4 Å². The van der Waals surface area contributed by atoms with Crippen LogP contribution in [0.5, 0.6) is 11.5 Å². The van der Waals surface area contributed by atoms with Crippen LogP contribution in [0.1, 0.15) is 37.1 Å². The Kier molecular flexibility index (Phi) is 6.31. The summed E-state index contributed by atoms with van der Waals surface area (Å²) in [7, 11) is 0. The Morgan fingerprint density at radius 1 is 1.12 bits per heavy atom. The largest absolute Gasteiger partial charge is 0.486 e. The van der Waals surface area contributed by atoms with Gasteiger partial charge in [0.1, 0.15) is 13.2 Å². The summed E-state index contributed by atoms with van der Waals surface area (Å²) in [5.74, 6) is 1.31. The number of fused-ring (bicyclic) bond motifs is 1. The third-order valence-electron chi connectivity index (χ3n) is 5.91. The van der Waals surface area contributed by atoms with E-state index in [-0.39, 0.29) is 17.9 Å². The van der Waals surface area contributed by atoms with Crippen molar-refractivity contribution >= 4 is 40.0 Å². The molecule has 3 aromatic rings. The first kappa shape index (κ1) is 22.2. The molecule has 2 aromatic carbocycles. The molecule has 2 amide bonds. The summed E-state index contributed by atoms with van der Waals surface area (Å²) in [5, 5.41) is 2.42. The molecule has 1 atom stereocenters. The summed E-state index contributed by atoms with van der Waals surface area (Å²) in [6.07, 6.45) is 5.13. The number of rotatable bonds is 5. The van der Waals surface area contributed by atoms with Crippen LogP contribution in [0.2, 0.25) is 0 Å². The van der Waals surface area contributed by atoms with Gasteiger partial charge in [0, 0.05) is 24.9 Å². The molecule has 1 unspecified atom stereocenters. The second-order valence-electron chi connectivity index (χ2n) is 8.17. The van der Waals surface area contributed by atoms with Crippen LogP contribution in [0, 0.1) is 0 Å². The van der Waals surface area contributed by atoms with Crippen molar-refractivity contribution in [2.75, 3.05) is 24.7 Å². The van der Waals surface area contributed by atoms with Gasteiger partial charge in [-0.3, -0.25) is 14.5 Å². The SMILES string of the molecule is CC(=O)N(c1ccccc1)c1nc(/C=C/C(=O)N2CCCC2c2ccc3c(c2)OCCO3)cs1. The fourth-order valence-corrected chi connectivity index (χ4v) is 5.21. The second kappa shape index (κ2) is 9.69. The van der Waals surface area contributed by atoms with E-state index in [0.717, 1.165) is 35.6 Å². The molecule has 1 saturated heterocycles. The molecule has 0 spiro atoms. The minimum Gasteiger partial charge on any atom is -0.486 e. The number of carbonyl (C=O) groups excluding carboxylic acids is 2. The fraction of sp³-hybridized carbons (Fsp3) is 0.269. The van der Waals surface area contributed by atoms with Crippen LogP contribution in [0.4, 0.5) is 10.8 Å². The van der Waals surface area contributed by atoms with Gasteiger partial charge in [-0.2, -0.15) is 0 Å². The monoisotopic (exact) mass is 475 g/mol. The van der Waals surface area contributed by atoms with Crippen LogP contribution in [-0.2, 0) is 9.59 Å². The number of thiazole rings is 1. The Hall–Kier alpha value is -3.65. The standard InChI is InChI=1S/C26H25N3O4S/c1-18(30)29(21-6-3-2-4-7-21)26-27-20(17-34-26)10-12-25(31)28-13-5-8-22(28)19-9-11-23-24(16-19)33-15-14-32-23/h2-4,6-7,9-12,16-17,22H,5,8,13-15H2,1H3/b12-10+. The van der Waals surface area contributed by atoms with E-state index in [1.54, 1.807) is 17.1 Å². The van der Waals surface area contributed by atoms with E-state index in [2.05, 4.69) is 4.98 Å². The molecule has 8 heteroatoms. The Balaban J connectivity index is 1.31. The van der Waals surface area contributed by atoms with Gasteiger partial charge >= 0.3 is 0 Å². The highest BCUT2D eigenvalue weighted by Gasteiger charge is 2.30. The molecule has 3 heterocycles. The maximum absolute atomic E-state index is 13.1. The predicted molar refractivity (Wildman–Crippen MR) is 132 cm³/mol. The lowest BCUT2D eigenvalue weighted by atomic mass is 10.0. The molecular formula is C26H25N3O4S. The number of nitrogens with zero attached hydrogens (tertiary/aromatic N) is 3. The number of ether oxygens (including phenoxy) is 2. The van der Waals surface area contributed by atoms with Gasteiger partial charge in [0.05, 0.1) is 17.4 Å². The highest BCUT2D eigenvalue weighted by atomic mass is 32.1. The van der Waals surface area contributed by atoms with Crippen molar-refractivity contribution in [2.45, 2.75) is 25.8 Å². The van der Waals surface area contributed by atoms with Crippen molar-refractivity contribution < 1.29 is 19.1 Å². The first-order chi connectivity index (χ1) is 16.6. The highest BCUT2D eigenvalue weighted by Crippen LogP contribution is 2.38. The summed E-state index contributed by atoms with van der Waals surface area (Å²) >= 11 is 1.37. The number of benzene rings is 2. The van der Waals surface area contributed by atoms with E-state index in [1.165, 1.54) is 18.3 Å². The molecule has 0 bridgehead atoms. The quantitative estimate of drug-likeness (QED) is 0.487. The normalized spacial score (nSPS) is 17.2. The third-order valence-corrected chi connectivity index (χ3v) is 6.76. The molecular weight excluding hydrogens is 450 g/mol. The average Bonchev–Trinajstić information content (AvgIpc) is 3.53. The Labute approximate surface area is 202 Å². The number of hydrogen-bond donors (Lipinski definition) is 0. The summed E-state index contributed by atoms with van der Waals surface area (Å²) in [5.41, 5.74) is 2.46. The van der Waals surface area contributed by atoms with Gasteiger partial charge in [-0.05, 0) is 48.7 Å². The van der Waals surface area contributed by atoms with Crippen molar-refractivity contribution in [3.8, 4) is 11.5 Å². The lowest BCUT2D eigenvalue weighted by Gasteiger charge is -2.26. The zero-order chi connectivity index (χ0) is 23.5. The van der Waals surface area contributed by atoms with Crippen molar-refractivity contribution in [2.24, 2.45) is 0 Å². The summed E-state index contributed by atoms with van der Waals surface area (Å²) in [6.45, 7) is 3.31. The van der Waals surface area contributed by atoms with E-state index >= 15 is 0 Å². The van der Waals surface area contributed by atoms with Crippen molar-refractivity contribution in [3.63, 3.8) is 0 Å². The minimum atomic E-state index is -0.119. The molecule has 34 heavy (non-hydrogen) atoms. The van der Waals surface area contributed by atoms with E-state index in [1.807, 2.05) is 58.8 Å². The molecule has 0 radical (unpaired) electrons. The molecule has 2 aliphatic heterocycles. The summed E-state index contributed by atoms with van der Waals surface area (Å²) in [4.78, 5) is 33.3. The van der Waals surface area contributed by atoms with Gasteiger partial charge < -0.3 is 14.4 Å². The summed E-state index contributed by atoms with van der Waals surface area (Å²) < 4.78 is 11.3. The smallest absolute Gasteiger partial charge is 0.247 e. The van der Waals surface area contributed by atoms with Crippen LogP contribution in [0.15, 0.2) is 60.0 Å². The lowest BCUT2D eigenvalue weighted by molar-refractivity contribution is -0.126. The number of anilines is 2. The second-order valence-corrected chi connectivity index (χ2v) is 9.01. The molecule has 0 aliphatic carbocycles. The third kappa shape index (κ3) is 4.54. The van der Waals surface area contributed by atoms with Crippen LogP contribution in [0.25, 0.3) is 6.08 Å². The van der Waals surface area contributed by atoms with Gasteiger partial charge in [-0.1, -0.05) is 24.3 Å². The molecule has 1 fully saturated rings. The number of amides is 2. The maximum atomic E-state index is 13.1. The Morgan fingerprint density at radius 3 is 2.71 bits per heavy atom. The molecule has 5 rings (SSSR count). The van der Waals surface area contributed by atoms with Gasteiger partial charge in [0.15, 0.2) is 16.6 Å². The van der Waals surface area contributed by atoms with Gasteiger partial charge in [0.25, 0.3) is 0 Å². The average molecular weight is 476 g/mol. The topological polar surface area (TPSA) is 72.0 Å². The van der Waals surface area contributed by atoms with E-state index in [0.29, 0.717) is 30.6 Å². The van der Waals surface area contributed by atoms with Crippen LogP contribution in [0.3, 0.4) is 0 Å². The van der Waals surface area contributed by atoms with Gasteiger partial charge in [-0.15, -0.1) is 11.3 Å². The van der Waals surface area contributed by atoms with Crippen molar-refractivity contribution in [3.05, 3.63) is 71.2 Å². The van der Waals surface area contributed by atoms with E-state index < -0.39 is 0 Å². The van der Waals surface area contributed by atoms with Crippen LogP contribution >= 0.6 is 11.3 Å². The first-order valence-corrected chi connectivity index (χ1v) is 12.2. The predicted octanol–water partition coefficient (Wildman–Crippen LogP) is 4.98. The number of aromatic nitrogens is 1. The number of likely N-dealkylation sites (tertiary alicyclic amines) is 1. The maximum Gasteiger partial charge on any atom is 0.247 e. The van der Waals surface area contributed by atoms with Gasteiger partial charge in [-0.25, -0.2) is 4.98 Å². The zero-order valence-electron chi connectivity index (χ0n) is 18.8. The summed E-state index contributed by atoms with van der Waals surface area (Å²) in [6, 6.07) is 15.3. The molecule has 0 N–H and O–H groups in total. The minimum absolute atomic E-state index is 0.00487. The van der Waals surface area contributed by atoms with Crippen molar-refractivity contribution in [1.82, 2.24) is 9.88 Å². The zero-order valence-corrected chi connectivity index (χ0v) is 19.7. The molecule has 1 aromatic heterocycles. The van der Waals surface area contributed by atoms with Crippen LogP contribution in [-0.4, -0.2) is 41.5 Å². The molecule has 174 valence electrons. The molecule has 2 aliphatic rings. The molecule has 7 nitrogen and oxygen atoms in total. The highest BCUT2D eigenvalue weighted by molar-refractivity contribution is 7.14. The van der Waals surface area contributed by atoms with Gasteiger partial charge in [0.2, 0.25) is 11.8 Å². The Morgan fingerprint density at radius 2 is 1.91 bits per heavy atom. The number of carbonyl (C=O) groups is 2. The Bertz CT molecular complexity index is 1220. The molecule has 0 saturated carbocycles. The van der Waals surface area contributed by atoms with Crippen molar-refractivity contribution in [1.29, 1.82) is 0 Å². The van der Waals surface area contributed by atoms with E-state index in [4.69, 9.17) is 9.47 Å². The fourth-order valence-electron chi connectivity index (χ4n) is 4.36. The van der Waals surface area contributed by atoms with E-state index in [9.17, 15) is 9.59 Å². The first-order valence-electron chi connectivity index (χ1n) is 11.3. The number of hydrogen-bond acceptors (Lipinski definition) is 6. The number of para-hydroxylation sites is 1. The lowest BCUT2D eigenvalue weighted by Crippen LogP contribution is -2.29.